The Bertz CT molecular complexity index is 706. The molecule has 1 N–H and O–H groups in total. The Morgan fingerprint density at radius 1 is 0.917 bits per heavy atom. The fourth-order valence-corrected chi connectivity index (χ4v) is 2.30. The summed E-state index contributed by atoms with van der Waals surface area (Å²) in [7, 11) is 3.92. The van der Waals surface area contributed by atoms with Crippen LogP contribution in [0.2, 0.25) is 0 Å². The van der Waals surface area contributed by atoms with Crippen molar-refractivity contribution in [1.82, 2.24) is 0 Å². The number of hydrogen-bond acceptors (Lipinski definition) is 3. The van der Waals surface area contributed by atoms with E-state index in [1.165, 1.54) is 11.8 Å². The predicted octanol–water partition coefficient (Wildman–Crippen LogP) is 3.05. The molecule has 2 aromatic rings. The Labute approximate surface area is 142 Å². The van der Waals surface area contributed by atoms with Crippen molar-refractivity contribution in [1.29, 1.82) is 0 Å². The van der Waals surface area contributed by atoms with Crippen LogP contribution in [0.3, 0.4) is 0 Å². The van der Waals surface area contributed by atoms with Gasteiger partial charge in [0.1, 0.15) is 6.54 Å². The molecule has 5 heteroatoms. The number of anilines is 3. The van der Waals surface area contributed by atoms with Gasteiger partial charge in [0.25, 0.3) is 0 Å². The summed E-state index contributed by atoms with van der Waals surface area (Å²) >= 11 is 0. The highest BCUT2D eigenvalue weighted by molar-refractivity contribution is 6.01. The van der Waals surface area contributed by atoms with Crippen LogP contribution in [0.4, 0.5) is 17.1 Å². The van der Waals surface area contributed by atoms with E-state index in [1.807, 2.05) is 74.4 Å². The molecule has 0 heterocycles. The number of aryl methyl sites for hydroxylation is 1. The molecule has 126 valence electrons. The molecule has 5 nitrogen and oxygen atoms in total. The molecule has 0 aliphatic carbocycles. The van der Waals surface area contributed by atoms with E-state index in [1.54, 1.807) is 0 Å². The van der Waals surface area contributed by atoms with Crippen LogP contribution in [0.1, 0.15) is 12.5 Å². The van der Waals surface area contributed by atoms with E-state index in [4.69, 9.17) is 0 Å². The molecule has 0 unspecified atom stereocenters. The Hall–Kier alpha value is -2.82. The lowest BCUT2D eigenvalue weighted by atomic mass is 10.2. The number of amides is 2. The van der Waals surface area contributed by atoms with Crippen LogP contribution in [-0.4, -0.2) is 32.5 Å². The second-order valence-electron chi connectivity index (χ2n) is 5.93. The molecule has 2 amide bonds. The van der Waals surface area contributed by atoms with Crippen molar-refractivity contribution in [2.75, 3.05) is 35.8 Å². The molecule has 0 aromatic heterocycles. The first-order chi connectivity index (χ1) is 11.4. The maximum absolute atomic E-state index is 12.3. The Morgan fingerprint density at radius 2 is 1.46 bits per heavy atom. The average Bonchev–Trinajstić information content (AvgIpc) is 2.54. The summed E-state index contributed by atoms with van der Waals surface area (Å²) < 4.78 is 0. The average molecular weight is 325 g/mol. The van der Waals surface area contributed by atoms with E-state index in [0.717, 1.165) is 11.3 Å². The third-order valence-electron chi connectivity index (χ3n) is 3.69. The monoisotopic (exact) mass is 325 g/mol. The van der Waals surface area contributed by atoms with Crippen LogP contribution < -0.4 is 15.1 Å². The minimum Gasteiger partial charge on any atom is -0.378 e. The van der Waals surface area contributed by atoms with Crippen LogP contribution in [0.5, 0.6) is 0 Å². The number of hydrogen-bond donors (Lipinski definition) is 1. The third kappa shape index (κ3) is 4.59. The van der Waals surface area contributed by atoms with Gasteiger partial charge >= 0.3 is 0 Å². The van der Waals surface area contributed by atoms with E-state index in [0.29, 0.717) is 11.4 Å². The highest BCUT2D eigenvalue weighted by Crippen LogP contribution is 2.17. The van der Waals surface area contributed by atoms with E-state index < -0.39 is 0 Å². The number of carbonyl (C=O) groups is 2. The van der Waals surface area contributed by atoms with Crippen molar-refractivity contribution >= 4 is 28.9 Å². The standard InChI is InChI=1S/C19H23N3O2/c1-14-5-9-18(10-6-14)22(15(2)23)13-19(24)20-16-7-11-17(12-8-16)21(3)4/h5-12H,13H2,1-4H3,(H,20,24). The lowest BCUT2D eigenvalue weighted by Crippen LogP contribution is -2.36. The molecule has 0 bridgehead atoms. The lowest BCUT2D eigenvalue weighted by molar-refractivity contribution is -0.120. The SMILES string of the molecule is CC(=O)N(CC(=O)Nc1ccc(N(C)C)cc1)c1ccc(C)cc1. The molecule has 0 saturated heterocycles. The Balaban J connectivity index is 2.05. The highest BCUT2D eigenvalue weighted by atomic mass is 16.2. The summed E-state index contributed by atoms with van der Waals surface area (Å²) in [6, 6.07) is 15.1. The molecular formula is C19H23N3O2. The largest absolute Gasteiger partial charge is 0.378 e. The second-order valence-corrected chi connectivity index (χ2v) is 5.93. The summed E-state index contributed by atoms with van der Waals surface area (Å²) in [6.07, 6.45) is 0. The smallest absolute Gasteiger partial charge is 0.244 e. The molecule has 0 fully saturated rings. The Morgan fingerprint density at radius 3 is 1.96 bits per heavy atom. The van der Waals surface area contributed by atoms with Crippen LogP contribution in [0.15, 0.2) is 48.5 Å². The normalized spacial score (nSPS) is 10.2. The van der Waals surface area contributed by atoms with Gasteiger partial charge in [-0.3, -0.25) is 9.59 Å². The van der Waals surface area contributed by atoms with E-state index in [9.17, 15) is 9.59 Å². The zero-order chi connectivity index (χ0) is 17.7. The summed E-state index contributed by atoms with van der Waals surface area (Å²) in [6.45, 7) is 3.42. The minimum atomic E-state index is -0.233. The molecule has 2 rings (SSSR count). The van der Waals surface area contributed by atoms with Crippen molar-refractivity contribution < 1.29 is 9.59 Å². The van der Waals surface area contributed by atoms with Gasteiger partial charge in [-0.15, -0.1) is 0 Å². The maximum Gasteiger partial charge on any atom is 0.244 e. The van der Waals surface area contributed by atoms with Gasteiger partial charge in [-0.05, 0) is 43.3 Å². The zero-order valence-corrected chi connectivity index (χ0v) is 14.5. The molecular weight excluding hydrogens is 302 g/mol. The van der Waals surface area contributed by atoms with Gasteiger partial charge in [0.15, 0.2) is 0 Å². The number of rotatable bonds is 5. The van der Waals surface area contributed by atoms with Crippen LogP contribution in [0.25, 0.3) is 0 Å². The summed E-state index contributed by atoms with van der Waals surface area (Å²) in [4.78, 5) is 27.6. The summed E-state index contributed by atoms with van der Waals surface area (Å²) in [5.74, 6) is -0.402. The molecule has 2 aromatic carbocycles. The third-order valence-corrected chi connectivity index (χ3v) is 3.69. The van der Waals surface area contributed by atoms with E-state index in [-0.39, 0.29) is 18.4 Å². The van der Waals surface area contributed by atoms with Gasteiger partial charge in [0, 0.05) is 38.1 Å². The number of benzene rings is 2. The van der Waals surface area contributed by atoms with E-state index in [2.05, 4.69) is 5.32 Å². The first kappa shape index (κ1) is 17.5. The topological polar surface area (TPSA) is 52.7 Å². The number of nitrogens with zero attached hydrogens (tertiary/aromatic N) is 2. The fraction of sp³-hybridized carbons (Fsp3) is 0.263. The predicted molar refractivity (Wildman–Crippen MR) is 98.6 cm³/mol. The number of carbonyl (C=O) groups excluding carboxylic acids is 2. The van der Waals surface area contributed by atoms with Gasteiger partial charge in [-0.2, -0.15) is 0 Å². The molecule has 24 heavy (non-hydrogen) atoms. The second kappa shape index (κ2) is 7.64. The van der Waals surface area contributed by atoms with Crippen molar-refractivity contribution in [2.45, 2.75) is 13.8 Å². The molecule has 0 aliphatic rings. The quantitative estimate of drug-likeness (QED) is 0.919. The zero-order valence-electron chi connectivity index (χ0n) is 14.5. The molecule has 0 atom stereocenters. The van der Waals surface area contributed by atoms with Crippen molar-refractivity contribution in [3.63, 3.8) is 0 Å². The molecule has 0 aliphatic heterocycles. The lowest BCUT2D eigenvalue weighted by Gasteiger charge is -2.21. The van der Waals surface area contributed by atoms with E-state index >= 15 is 0 Å². The van der Waals surface area contributed by atoms with Crippen molar-refractivity contribution in [3.05, 3.63) is 54.1 Å². The highest BCUT2D eigenvalue weighted by Gasteiger charge is 2.15. The van der Waals surface area contributed by atoms with Gasteiger partial charge in [0.2, 0.25) is 11.8 Å². The minimum absolute atomic E-state index is 0.0200. The van der Waals surface area contributed by atoms with Gasteiger partial charge in [0.05, 0.1) is 0 Å². The van der Waals surface area contributed by atoms with Gasteiger partial charge < -0.3 is 15.1 Å². The van der Waals surface area contributed by atoms with Crippen LogP contribution in [0, 0.1) is 6.92 Å². The summed E-state index contributed by atoms with van der Waals surface area (Å²) in [5, 5.41) is 2.82. The fourth-order valence-electron chi connectivity index (χ4n) is 2.30. The Kier molecular flexibility index (Phi) is 5.58. The summed E-state index contributed by atoms with van der Waals surface area (Å²) in [5.41, 5.74) is 3.58. The molecule has 0 radical (unpaired) electrons. The van der Waals surface area contributed by atoms with Crippen molar-refractivity contribution in [3.8, 4) is 0 Å². The molecule has 0 saturated carbocycles. The first-order valence-corrected chi connectivity index (χ1v) is 7.79. The van der Waals surface area contributed by atoms with Crippen LogP contribution >= 0.6 is 0 Å². The van der Waals surface area contributed by atoms with Crippen LogP contribution in [-0.2, 0) is 9.59 Å². The van der Waals surface area contributed by atoms with Gasteiger partial charge in [-0.1, -0.05) is 17.7 Å². The molecule has 0 spiro atoms. The maximum atomic E-state index is 12.3. The first-order valence-electron chi connectivity index (χ1n) is 7.79. The number of nitrogens with one attached hydrogen (secondary N) is 1. The van der Waals surface area contributed by atoms with Gasteiger partial charge in [-0.25, -0.2) is 0 Å². The van der Waals surface area contributed by atoms with Crippen molar-refractivity contribution in [2.24, 2.45) is 0 Å².